The van der Waals surface area contributed by atoms with Gasteiger partial charge in [-0.3, -0.25) is 4.79 Å². The first-order valence-corrected chi connectivity index (χ1v) is 4.60. The standard InChI is InChI=1S/C9H19NO4/c1-4-14-7-9(11)10-5-8(13-3)6-12-2/h8H,4-7H2,1-3H3,(H,10,11). The summed E-state index contributed by atoms with van der Waals surface area (Å²) in [7, 11) is 3.17. The normalized spacial score (nSPS) is 12.5. The number of nitrogens with one attached hydrogen (secondary N) is 1. The topological polar surface area (TPSA) is 56.8 Å². The Morgan fingerprint density at radius 3 is 2.64 bits per heavy atom. The van der Waals surface area contributed by atoms with Gasteiger partial charge in [-0.1, -0.05) is 0 Å². The fourth-order valence-electron chi connectivity index (χ4n) is 0.870. The predicted molar refractivity (Wildman–Crippen MR) is 52.2 cm³/mol. The Bertz CT molecular complexity index is 152. The molecule has 0 saturated carbocycles. The maximum Gasteiger partial charge on any atom is 0.246 e. The van der Waals surface area contributed by atoms with Gasteiger partial charge in [0.1, 0.15) is 6.61 Å². The van der Waals surface area contributed by atoms with Crippen LogP contribution in [0.5, 0.6) is 0 Å². The third-order valence-corrected chi connectivity index (χ3v) is 1.65. The van der Waals surface area contributed by atoms with Gasteiger partial charge in [-0.2, -0.15) is 0 Å². The molecule has 0 aromatic carbocycles. The van der Waals surface area contributed by atoms with E-state index in [9.17, 15) is 4.79 Å². The van der Waals surface area contributed by atoms with E-state index >= 15 is 0 Å². The minimum atomic E-state index is -0.134. The molecule has 0 aliphatic rings. The third kappa shape index (κ3) is 6.82. The molecule has 1 N–H and O–H groups in total. The summed E-state index contributed by atoms with van der Waals surface area (Å²) in [6, 6.07) is 0. The van der Waals surface area contributed by atoms with Crippen LogP contribution in [0, 0.1) is 0 Å². The van der Waals surface area contributed by atoms with E-state index in [0.29, 0.717) is 19.8 Å². The number of hydrogen-bond acceptors (Lipinski definition) is 4. The van der Waals surface area contributed by atoms with Crippen molar-refractivity contribution in [2.24, 2.45) is 0 Å². The molecule has 0 spiro atoms. The summed E-state index contributed by atoms with van der Waals surface area (Å²) in [5.41, 5.74) is 0. The molecule has 0 saturated heterocycles. The van der Waals surface area contributed by atoms with Crippen molar-refractivity contribution in [3.8, 4) is 0 Å². The molecule has 0 aromatic rings. The highest BCUT2D eigenvalue weighted by Crippen LogP contribution is 1.88. The van der Waals surface area contributed by atoms with E-state index in [2.05, 4.69) is 5.32 Å². The van der Waals surface area contributed by atoms with Crippen LogP contribution in [-0.2, 0) is 19.0 Å². The molecule has 14 heavy (non-hydrogen) atoms. The molecule has 84 valence electrons. The van der Waals surface area contributed by atoms with Crippen LogP contribution >= 0.6 is 0 Å². The first-order chi connectivity index (χ1) is 6.74. The average molecular weight is 205 g/mol. The predicted octanol–water partition coefficient (Wildman–Crippen LogP) is -0.199. The zero-order valence-corrected chi connectivity index (χ0v) is 9.04. The maximum atomic E-state index is 11.1. The van der Waals surface area contributed by atoms with Crippen molar-refractivity contribution >= 4 is 5.91 Å². The highest BCUT2D eigenvalue weighted by atomic mass is 16.5. The summed E-state index contributed by atoms with van der Waals surface area (Å²) in [5.74, 6) is -0.134. The summed E-state index contributed by atoms with van der Waals surface area (Å²) < 4.78 is 14.9. The summed E-state index contributed by atoms with van der Waals surface area (Å²) in [4.78, 5) is 11.1. The van der Waals surface area contributed by atoms with Crippen molar-refractivity contribution in [3.05, 3.63) is 0 Å². The number of carbonyl (C=O) groups is 1. The van der Waals surface area contributed by atoms with E-state index in [1.807, 2.05) is 6.92 Å². The van der Waals surface area contributed by atoms with Crippen molar-refractivity contribution < 1.29 is 19.0 Å². The Morgan fingerprint density at radius 2 is 2.14 bits per heavy atom. The zero-order valence-electron chi connectivity index (χ0n) is 9.04. The lowest BCUT2D eigenvalue weighted by Crippen LogP contribution is -2.37. The summed E-state index contributed by atoms with van der Waals surface area (Å²) in [6.07, 6.45) is -0.106. The Balaban J connectivity index is 3.52. The number of rotatable bonds is 8. The van der Waals surface area contributed by atoms with Gasteiger partial charge in [0.25, 0.3) is 0 Å². The second kappa shape index (κ2) is 8.93. The second-order valence-electron chi connectivity index (χ2n) is 2.75. The van der Waals surface area contributed by atoms with Crippen LogP contribution in [0.15, 0.2) is 0 Å². The highest BCUT2D eigenvalue weighted by molar-refractivity contribution is 5.77. The van der Waals surface area contributed by atoms with E-state index in [-0.39, 0.29) is 18.6 Å². The fourth-order valence-corrected chi connectivity index (χ4v) is 0.870. The molecule has 0 fully saturated rings. The minimum Gasteiger partial charge on any atom is -0.382 e. The summed E-state index contributed by atoms with van der Waals surface area (Å²) >= 11 is 0. The lowest BCUT2D eigenvalue weighted by molar-refractivity contribution is -0.126. The molecule has 1 unspecified atom stereocenters. The number of ether oxygens (including phenoxy) is 3. The van der Waals surface area contributed by atoms with Crippen LogP contribution in [-0.4, -0.2) is 52.6 Å². The molecule has 0 aliphatic heterocycles. The molecule has 5 nitrogen and oxygen atoms in total. The van der Waals surface area contributed by atoms with E-state index in [0.717, 1.165) is 0 Å². The van der Waals surface area contributed by atoms with Crippen molar-refractivity contribution in [2.75, 3.05) is 40.6 Å². The van der Waals surface area contributed by atoms with Crippen molar-refractivity contribution in [1.29, 1.82) is 0 Å². The van der Waals surface area contributed by atoms with Gasteiger partial charge in [0.2, 0.25) is 5.91 Å². The smallest absolute Gasteiger partial charge is 0.246 e. The zero-order chi connectivity index (χ0) is 10.8. The molecular weight excluding hydrogens is 186 g/mol. The maximum absolute atomic E-state index is 11.1. The minimum absolute atomic E-state index is 0.0971. The van der Waals surface area contributed by atoms with Gasteiger partial charge in [-0.25, -0.2) is 0 Å². The first kappa shape index (κ1) is 13.4. The Hall–Kier alpha value is -0.650. The van der Waals surface area contributed by atoms with E-state index in [1.54, 1.807) is 14.2 Å². The van der Waals surface area contributed by atoms with Crippen LogP contribution < -0.4 is 5.32 Å². The van der Waals surface area contributed by atoms with Gasteiger partial charge in [-0.05, 0) is 6.92 Å². The summed E-state index contributed by atoms with van der Waals surface area (Å²) in [5, 5.41) is 2.68. The van der Waals surface area contributed by atoms with Crippen molar-refractivity contribution in [3.63, 3.8) is 0 Å². The Labute approximate surface area is 84.7 Å². The SMILES string of the molecule is CCOCC(=O)NCC(COC)OC. The number of methoxy groups -OCH3 is 2. The van der Waals surface area contributed by atoms with E-state index in [1.165, 1.54) is 0 Å². The van der Waals surface area contributed by atoms with Gasteiger partial charge in [-0.15, -0.1) is 0 Å². The summed E-state index contributed by atoms with van der Waals surface area (Å²) in [6.45, 7) is 3.39. The monoisotopic (exact) mass is 205 g/mol. The lowest BCUT2D eigenvalue weighted by atomic mass is 10.3. The molecule has 0 aromatic heterocycles. The van der Waals surface area contributed by atoms with Crippen LogP contribution in [0.1, 0.15) is 6.92 Å². The molecule has 0 rings (SSSR count). The van der Waals surface area contributed by atoms with Crippen LogP contribution in [0.4, 0.5) is 0 Å². The van der Waals surface area contributed by atoms with Crippen LogP contribution in [0.3, 0.4) is 0 Å². The van der Waals surface area contributed by atoms with Gasteiger partial charge in [0.05, 0.1) is 12.7 Å². The van der Waals surface area contributed by atoms with E-state index < -0.39 is 0 Å². The number of hydrogen-bond donors (Lipinski definition) is 1. The Kier molecular flexibility index (Phi) is 8.51. The van der Waals surface area contributed by atoms with Crippen LogP contribution in [0.2, 0.25) is 0 Å². The largest absolute Gasteiger partial charge is 0.382 e. The fraction of sp³-hybridized carbons (Fsp3) is 0.889. The second-order valence-corrected chi connectivity index (χ2v) is 2.75. The molecule has 5 heteroatoms. The first-order valence-electron chi connectivity index (χ1n) is 4.60. The molecule has 0 bridgehead atoms. The molecule has 0 heterocycles. The quantitative estimate of drug-likeness (QED) is 0.596. The number of carbonyl (C=O) groups excluding carboxylic acids is 1. The van der Waals surface area contributed by atoms with E-state index in [4.69, 9.17) is 14.2 Å². The number of amides is 1. The van der Waals surface area contributed by atoms with Crippen molar-refractivity contribution in [1.82, 2.24) is 5.32 Å². The van der Waals surface area contributed by atoms with Crippen LogP contribution in [0.25, 0.3) is 0 Å². The third-order valence-electron chi connectivity index (χ3n) is 1.65. The average Bonchev–Trinajstić information content (AvgIpc) is 2.21. The van der Waals surface area contributed by atoms with Gasteiger partial charge < -0.3 is 19.5 Å². The van der Waals surface area contributed by atoms with Crippen molar-refractivity contribution in [2.45, 2.75) is 13.0 Å². The van der Waals surface area contributed by atoms with Gasteiger partial charge in [0, 0.05) is 27.4 Å². The molecule has 1 atom stereocenters. The lowest BCUT2D eigenvalue weighted by Gasteiger charge is -2.14. The van der Waals surface area contributed by atoms with Gasteiger partial charge >= 0.3 is 0 Å². The Morgan fingerprint density at radius 1 is 1.43 bits per heavy atom. The molecule has 0 radical (unpaired) electrons. The molecule has 0 aliphatic carbocycles. The highest BCUT2D eigenvalue weighted by Gasteiger charge is 2.08. The molecular formula is C9H19NO4. The molecule has 1 amide bonds. The van der Waals surface area contributed by atoms with Gasteiger partial charge in [0.15, 0.2) is 0 Å².